The molecule has 0 fully saturated rings. The number of hydrogen-bond donors (Lipinski definition) is 0. The Balaban J connectivity index is 1.83. The maximum atomic E-state index is 5.83. The molecule has 4 heteroatoms. The zero-order chi connectivity index (χ0) is 16.7. The van der Waals surface area contributed by atoms with Crippen molar-refractivity contribution < 1.29 is 18.9 Å². The minimum atomic E-state index is -0.845. The molecule has 0 radical (unpaired) electrons. The van der Waals surface area contributed by atoms with Gasteiger partial charge in [-0.2, -0.15) is 0 Å². The fraction of sp³-hybridized carbons (Fsp3) is 0.368. The topological polar surface area (TPSA) is 36.9 Å². The lowest BCUT2D eigenvalue weighted by molar-refractivity contribution is -0.307. The van der Waals surface area contributed by atoms with Crippen molar-refractivity contribution >= 4 is 0 Å². The van der Waals surface area contributed by atoms with E-state index in [1.54, 1.807) is 0 Å². The maximum Gasteiger partial charge on any atom is 0.200 e. The normalized spacial score (nSPS) is 14.1. The van der Waals surface area contributed by atoms with E-state index in [-0.39, 0.29) is 0 Å². The molecule has 2 rings (SSSR count). The van der Waals surface area contributed by atoms with Gasteiger partial charge in [-0.15, -0.1) is 0 Å². The Labute approximate surface area is 137 Å². The molecular weight excluding hydrogens is 292 g/mol. The Bertz CT molecular complexity index is 517. The van der Waals surface area contributed by atoms with Gasteiger partial charge in [0.05, 0.1) is 0 Å². The molecule has 2 atom stereocenters. The van der Waals surface area contributed by atoms with E-state index in [4.69, 9.17) is 18.9 Å². The van der Waals surface area contributed by atoms with E-state index in [1.165, 1.54) is 0 Å². The van der Waals surface area contributed by atoms with Crippen LogP contribution >= 0.6 is 0 Å². The number of ether oxygens (including phenoxy) is 4. The summed E-state index contributed by atoms with van der Waals surface area (Å²) in [6.45, 7) is 7.34. The van der Waals surface area contributed by atoms with Crippen molar-refractivity contribution in [2.24, 2.45) is 0 Å². The van der Waals surface area contributed by atoms with Crippen LogP contribution in [0.15, 0.2) is 60.7 Å². The van der Waals surface area contributed by atoms with Crippen LogP contribution in [-0.4, -0.2) is 18.4 Å². The second-order valence-electron chi connectivity index (χ2n) is 5.63. The van der Waals surface area contributed by atoms with Crippen molar-refractivity contribution in [2.45, 2.75) is 46.1 Å². The predicted octanol–water partition coefficient (Wildman–Crippen LogP) is 4.61. The lowest BCUT2D eigenvalue weighted by atomic mass is 10.3. The Kier molecular flexibility index (Phi) is 6.02. The second-order valence-corrected chi connectivity index (χ2v) is 5.63. The van der Waals surface area contributed by atoms with Crippen molar-refractivity contribution in [3.8, 4) is 11.5 Å². The average molecular weight is 316 g/mol. The molecule has 0 aromatic heterocycles. The van der Waals surface area contributed by atoms with Crippen molar-refractivity contribution in [1.82, 2.24) is 0 Å². The first kappa shape index (κ1) is 17.3. The SMILES string of the molecule is CC(Oc1ccccc1)OC(C)(C)OC(C)Oc1ccccc1. The zero-order valence-electron chi connectivity index (χ0n) is 14.1. The zero-order valence-corrected chi connectivity index (χ0v) is 14.1. The van der Waals surface area contributed by atoms with Gasteiger partial charge in [0, 0.05) is 0 Å². The van der Waals surface area contributed by atoms with Crippen LogP contribution in [0.4, 0.5) is 0 Å². The quantitative estimate of drug-likeness (QED) is 0.667. The molecule has 0 saturated carbocycles. The van der Waals surface area contributed by atoms with Crippen LogP contribution in [0.2, 0.25) is 0 Å². The third-order valence-electron chi connectivity index (χ3n) is 2.99. The van der Waals surface area contributed by atoms with E-state index in [1.807, 2.05) is 88.4 Å². The summed E-state index contributed by atoms with van der Waals surface area (Å²) in [5.74, 6) is 0.663. The van der Waals surface area contributed by atoms with E-state index in [0.717, 1.165) is 11.5 Å². The molecule has 124 valence electrons. The summed E-state index contributed by atoms with van der Waals surface area (Å²) in [5, 5.41) is 0. The Hall–Kier alpha value is -2.04. The number of rotatable bonds is 8. The summed E-state index contributed by atoms with van der Waals surface area (Å²) in [6.07, 6.45) is -0.896. The molecule has 0 N–H and O–H groups in total. The van der Waals surface area contributed by atoms with Crippen LogP contribution in [0.5, 0.6) is 11.5 Å². The van der Waals surface area contributed by atoms with Crippen molar-refractivity contribution in [2.75, 3.05) is 0 Å². The Morgan fingerprint density at radius 3 is 1.35 bits per heavy atom. The summed E-state index contributed by atoms with van der Waals surface area (Å²) >= 11 is 0. The molecular formula is C19H24O4. The number of hydrogen-bond acceptors (Lipinski definition) is 4. The molecule has 23 heavy (non-hydrogen) atoms. The fourth-order valence-corrected chi connectivity index (χ4v) is 2.26. The van der Waals surface area contributed by atoms with Crippen LogP contribution < -0.4 is 9.47 Å². The first-order chi connectivity index (χ1) is 10.9. The standard InChI is InChI=1S/C19H24O4/c1-15(20-17-11-7-5-8-12-17)22-19(3,4)23-16(2)21-18-13-9-6-10-14-18/h5-16H,1-4H3. The van der Waals surface area contributed by atoms with Gasteiger partial charge in [0.15, 0.2) is 18.4 Å². The minimum Gasteiger partial charge on any atom is -0.465 e. The van der Waals surface area contributed by atoms with Gasteiger partial charge in [-0.1, -0.05) is 36.4 Å². The summed E-state index contributed by atoms with van der Waals surface area (Å²) in [6, 6.07) is 19.1. The molecule has 0 heterocycles. The molecule has 0 spiro atoms. The third-order valence-corrected chi connectivity index (χ3v) is 2.99. The van der Waals surface area contributed by atoms with Gasteiger partial charge in [0.2, 0.25) is 0 Å². The summed E-state index contributed by atoms with van der Waals surface area (Å²) in [5.41, 5.74) is 0. The number of para-hydroxylation sites is 2. The average Bonchev–Trinajstić information content (AvgIpc) is 2.47. The lowest BCUT2D eigenvalue weighted by Gasteiger charge is -2.31. The molecule has 4 nitrogen and oxygen atoms in total. The highest BCUT2D eigenvalue weighted by Gasteiger charge is 2.26. The Morgan fingerprint density at radius 2 is 1.00 bits per heavy atom. The van der Waals surface area contributed by atoms with Crippen molar-refractivity contribution in [3.05, 3.63) is 60.7 Å². The largest absolute Gasteiger partial charge is 0.465 e. The Morgan fingerprint density at radius 1 is 0.652 bits per heavy atom. The van der Waals surface area contributed by atoms with E-state index in [0.29, 0.717) is 0 Å². The van der Waals surface area contributed by atoms with Gasteiger partial charge in [-0.25, -0.2) is 0 Å². The predicted molar refractivity (Wildman–Crippen MR) is 89.3 cm³/mol. The van der Waals surface area contributed by atoms with Crippen LogP contribution in [0.25, 0.3) is 0 Å². The van der Waals surface area contributed by atoms with Crippen molar-refractivity contribution in [3.63, 3.8) is 0 Å². The van der Waals surface area contributed by atoms with Gasteiger partial charge in [0.25, 0.3) is 0 Å². The highest BCUT2D eigenvalue weighted by Crippen LogP contribution is 2.21. The summed E-state index contributed by atoms with van der Waals surface area (Å²) < 4.78 is 23.1. The van der Waals surface area contributed by atoms with Crippen LogP contribution in [0, 0.1) is 0 Å². The van der Waals surface area contributed by atoms with E-state index in [2.05, 4.69) is 0 Å². The first-order valence-corrected chi connectivity index (χ1v) is 7.74. The highest BCUT2D eigenvalue weighted by atomic mass is 16.8. The summed E-state index contributed by atoms with van der Waals surface area (Å²) in [7, 11) is 0. The molecule has 0 saturated heterocycles. The molecule has 0 aliphatic carbocycles. The third kappa shape index (κ3) is 6.30. The maximum absolute atomic E-state index is 5.83. The van der Waals surface area contributed by atoms with Crippen molar-refractivity contribution in [1.29, 1.82) is 0 Å². The summed E-state index contributed by atoms with van der Waals surface area (Å²) in [4.78, 5) is 0. The van der Waals surface area contributed by atoms with Crippen LogP contribution in [-0.2, 0) is 9.47 Å². The fourth-order valence-electron chi connectivity index (χ4n) is 2.26. The first-order valence-electron chi connectivity index (χ1n) is 7.74. The van der Waals surface area contributed by atoms with Gasteiger partial charge in [-0.3, -0.25) is 0 Å². The highest BCUT2D eigenvalue weighted by molar-refractivity contribution is 5.21. The smallest absolute Gasteiger partial charge is 0.200 e. The van der Waals surface area contributed by atoms with E-state index in [9.17, 15) is 0 Å². The van der Waals surface area contributed by atoms with Crippen LogP contribution in [0.3, 0.4) is 0 Å². The second kappa shape index (κ2) is 7.99. The molecule has 0 bridgehead atoms. The molecule has 0 aliphatic heterocycles. The van der Waals surface area contributed by atoms with E-state index < -0.39 is 18.4 Å². The van der Waals surface area contributed by atoms with Gasteiger partial charge < -0.3 is 18.9 Å². The van der Waals surface area contributed by atoms with Crippen LogP contribution in [0.1, 0.15) is 27.7 Å². The minimum absolute atomic E-state index is 0.448. The molecule has 0 aliphatic rings. The number of benzene rings is 2. The molecule has 2 aromatic rings. The molecule has 2 unspecified atom stereocenters. The van der Waals surface area contributed by atoms with E-state index >= 15 is 0 Å². The lowest BCUT2D eigenvalue weighted by Crippen LogP contribution is -2.38. The van der Waals surface area contributed by atoms with Gasteiger partial charge in [0.1, 0.15) is 11.5 Å². The van der Waals surface area contributed by atoms with Gasteiger partial charge >= 0.3 is 0 Å². The molecule has 0 amide bonds. The molecule has 2 aromatic carbocycles. The van der Waals surface area contributed by atoms with Gasteiger partial charge in [-0.05, 0) is 52.0 Å². The monoisotopic (exact) mass is 316 g/mol.